The Morgan fingerprint density at radius 3 is 3.15 bits per heavy atom. The third-order valence-electron chi connectivity index (χ3n) is 3.92. The van der Waals surface area contributed by atoms with Crippen LogP contribution in [0.2, 0.25) is 0 Å². The maximum Gasteiger partial charge on any atom is 0.240 e. The molecule has 0 unspecified atom stereocenters. The smallest absolute Gasteiger partial charge is 0.240 e. The van der Waals surface area contributed by atoms with E-state index in [1.807, 2.05) is 31.3 Å². The van der Waals surface area contributed by atoms with E-state index in [0.717, 1.165) is 17.2 Å². The quantitative estimate of drug-likeness (QED) is 0.842. The summed E-state index contributed by atoms with van der Waals surface area (Å²) in [5, 5.41) is 7.44. The lowest BCUT2D eigenvalue weighted by molar-refractivity contribution is -0.151. The highest BCUT2D eigenvalue weighted by molar-refractivity contribution is 7.99. The molecule has 2 fully saturated rings. The van der Waals surface area contributed by atoms with Crippen molar-refractivity contribution in [3.05, 3.63) is 18.0 Å². The number of rotatable bonds is 2. The molecule has 1 N–H and O–H groups in total. The molecule has 1 amide bonds. The van der Waals surface area contributed by atoms with Crippen LogP contribution in [0.4, 0.5) is 0 Å². The second-order valence-corrected chi connectivity index (χ2v) is 6.54. The Morgan fingerprint density at radius 1 is 1.65 bits per heavy atom. The molecule has 0 saturated carbocycles. The van der Waals surface area contributed by atoms with Crippen LogP contribution < -0.4 is 5.32 Å². The van der Waals surface area contributed by atoms with Gasteiger partial charge in [-0.1, -0.05) is 0 Å². The van der Waals surface area contributed by atoms with Crippen molar-refractivity contribution in [2.24, 2.45) is 7.05 Å². The fourth-order valence-corrected chi connectivity index (χ4v) is 3.63. The topological polar surface area (TPSA) is 59.4 Å². The third kappa shape index (κ3) is 2.57. The average Bonchev–Trinajstić information content (AvgIpc) is 3.09. The Bertz CT molecular complexity index is 500. The number of ether oxygens (including phenoxy) is 1. The van der Waals surface area contributed by atoms with Gasteiger partial charge >= 0.3 is 0 Å². The van der Waals surface area contributed by atoms with Gasteiger partial charge in [-0.15, -0.1) is 11.8 Å². The summed E-state index contributed by atoms with van der Waals surface area (Å²) in [4.78, 5) is 14.4. The molecule has 2 aliphatic rings. The van der Waals surface area contributed by atoms with Crippen LogP contribution in [-0.2, 0) is 22.2 Å². The van der Waals surface area contributed by atoms with E-state index in [2.05, 4.69) is 10.4 Å². The van der Waals surface area contributed by atoms with Crippen LogP contribution in [0.25, 0.3) is 0 Å². The standard InChI is InChI=1S/C13H20N4O2S/c1-13(10-5-15-16(2)6-10)8-17(3-4-19-13)12(18)11-7-20-9-14-11/h5-6,11,14H,3-4,7-9H2,1-2H3/t11-,13+/m0/s1. The van der Waals surface area contributed by atoms with Crippen molar-refractivity contribution in [3.8, 4) is 0 Å². The molecule has 1 aromatic heterocycles. The summed E-state index contributed by atoms with van der Waals surface area (Å²) in [6, 6.07) is -0.0451. The van der Waals surface area contributed by atoms with Crippen molar-refractivity contribution < 1.29 is 9.53 Å². The molecule has 20 heavy (non-hydrogen) atoms. The number of nitrogens with one attached hydrogen (secondary N) is 1. The van der Waals surface area contributed by atoms with E-state index in [-0.39, 0.29) is 11.9 Å². The average molecular weight is 296 g/mol. The number of hydrogen-bond acceptors (Lipinski definition) is 5. The molecule has 7 heteroatoms. The Balaban J connectivity index is 1.74. The SMILES string of the molecule is Cn1cc([C@@]2(C)CN(C(=O)[C@@H]3CSCN3)CCO2)cn1. The largest absolute Gasteiger partial charge is 0.367 e. The Labute approximate surface area is 122 Å². The van der Waals surface area contributed by atoms with E-state index >= 15 is 0 Å². The normalized spacial score (nSPS) is 30.7. The van der Waals surface area contributed by atoms with E-state index in [4.69, 9.17) is 4.74 Å². The number of amides is 1. The number of carbonyl (C=O) groups is 1. The molecule has 2 aliphatic heterocycles. The molecule has 0 bridgehead atoms. The van der Waals surface area contributed by atoms with Gasteiger partial charge in [-0.05, 0) is 6.92 Å². The molecule has 0 spiro atoms. The van der Waals surface area contributed by atoms with E-state index in [1.54, 1.807) is 16.4 Å². The van der Waals surface area contributed by atoms with Gasteiger partial charge in [0.15, 0.2) is 0 Å². The van der Waals surface area contributed by atoms with Crippen LogP contribution in [0.5, 0.6) is 0 Å². The van der Waals surface area contributed by atoms with Crippen LogP contribution >= 0.6 is 11.8 Å². The van der Waals surface area contributed by atoms with E-state index in [9.17, 15) is 4.79 Å². The Morgan fingerprint density at radius 2 is 2.50 bits per heavy atom. The van der Waals surface area contributed by atoms with Gasteiger partial charge in [-0.3, -0.25) is 14.8 Å². The minimum Gasteiger partial charge on any atom is -0.367 e. The van der Waals surface area contributed by atoms with Crippen molar-refractivity contribution in [1.82, 2.24) is 20.0 Å². The first-order valence-electron chi connectivity index (χ1n) is 6.81. The number of carbonyl (C=O) groups excluding carboxylic acids is 1. The number of aryl methyl sites for hydroxylation is 1. The third-order valence-corrected chi connectivity index (χ3v) is 4.86. The highest BCUT2D eigenvalue weighted by atomic mass is 32.2. The summed E-state index contributed by atoms with van der Waals surface area (Å²) in [6.45, 7) is 3.84. The number of thioether (sulfide) groups is 1. The molecule has 1 aromatic rings. The molecule has 2 atom stereocenters. The minimum absolute atomic E-state index is 0.0451. The van der Waals surface area contributed by atoms with Crippen molar-refractivity contribution >= 4 is 17.7 Å². The van der Waals surface area contributed by atoms with Gasteiger partial charge in [0.25, 0.3) is 0 Å². The summed E-state index contributed by atoms with van der Waals surface area (Å²) >= 11 is 1.77. The van der Waals surface area contributed by atoms with Gasteiger partial charge in [-0.2, -0.15) is 5.10 Å². The second-order valence-electron chi connectivity index (χ2n) is 5.51. The monoisotopic (exact) mass is 296 g/mol. The summed E-state index contributed by atoms with van der Waals surface area (Å²) in [5.41, 5.74) is 0.555. The molecular formula is C13H20N4O2S. The maximum absolute atomic E-state index is 12.5. The number of hydrogen-bond donors (Lipinski definition) is 1. The van der Waals surface area contributed by atoms with Crippen LogP contribution in [-0.4, -0.2) is 58.0 Å². The number of nitrogens with zero attached hydrogens (tertiary/aromatic N) is 3. The van der Waals surface area contributed by atoms with Crippen molar-refractivity contribution in [2.45, 2.75) is 18.6 Å². The Hall–Kier alpha value is -1.05. The zero-order valence-electron chi connectivity index (χ0n) is 11.8. The van der Waals surface area contributed by atoms with Gasteiger partial charge in [0, 0.05) is 37.0 Å². The maximum atomic E-state index is 12.5. The van der Waals surface area contributed by atoms with Gasteiger partial charge in [-0.25, -0.2) is 0 Å². The van der Waals surface area contributed by atoms with E-state index in [0.29, 0.717) is 19.7 Å². The van der Waals surface area contributed by atoms with Gasteiger partial charge in [0.05, 0.1) is 25.4 Å². The van der Waals surface area contributed by atoms with Crippen LogP contribution in [0.15, 0.2) is 12.4 Å². The first kappa shape index (κ1) is 13.9. The summed E-state index contributed by atoms with van der Waals surface area (Å²) in [6.07, 6.45) is 3.77. The molecule has 3 heterocycles. The molecule has 3 rings (SSSR count). The fraction of sp³-hybridized carbons (Fsp3) is 0.692. The molecule has 2 saturated heterocycles. The fourth-order valence-electron chi connectivity index (χ4n) is 2.70. The summed E-state index contributed by atoms with van der Waals surface area (Å²) in [7, 11) is 1.89. The van der Waals surface area contributed by atoms with Crippen molar-refractivity contribution in [3.63, 3.8) is 0 Å². The van der Waals surface area contributed by atoms with Crippen LogP contribution in [0.1, 0.15) is 12.5 Å². The number of morpholine rings is 1. The van der Waals surface area contributed by atoms with Crippen molar-refractivity contribution in [1.29, 1.82) is 0 Å². The highest BCUT2D eigenvalue weighted by Gasteiger charge is 2.38. The molecule has 6 nitrogen and oxygen atoms in total. The van der Waals surface area contributed by atoms with Crippen LogP contribution in [0.3, 0.4) is 0 Å². The van der Waals surface area contributed by atoms with Crippen molar-refractivity contribution in [2.75, 3.05) is 31.3 Å². The lowest BCUT2D eigenvalue weighted by Crippen LogP contribution is -2.54. The molecular weight excluding hydrogens is 276 g/mol. The first-order valence-corrected chi connectivity index (χ1v) is 7.97. The summed E-state index contributed by atoms with van der Waals surface area (Å²) in [5.74, 6) is 1.91. The molecule has 110 valence electrons. The molecule has 0 radical (unpaired) electrons. The zero-order valence-corrected chi connectivity index (χ0v) is 12.7. The molecule has 0 aromatic carbocycles. The van der Waals surface area contributed by atoms with Gasteiger partial charge in [0.2, 0.25) is 5.91 Å². The zero-order chi connectivity index (χ0) is 14.2. The van der Waals surface area contributed by atoms with E-state index < -0.39 is 5.60 Å². The van der Waals surface area contributed by atoms with Gasteiger partial charge in [0.1, 0.15) is 5.60 Å². The summed E-state index contributed by atoms with van der Waals surface area (Å²) < 4.78 is 7.70. The first-order chi connectivity index (χ1) is 9.58. The highest BCUT2D eigenvalue weighted by Crippen LogP contribution is 2.29. The van der Waals surface area contributed by atoms with E-state index in [1.165, 1.54) is 0 Å². The lowest BCUT2D eigenvalue weighted by atomic mass is 9.96. The van der Waals surface area contributed by atoms with Crippen LogP contribution in [0, 0.1) is 0 Å². The van der Waals surface area contributed by atoms with Gasteiger partial charge < -0.3 is 9.64 Å². The predicted molar refractivity (Wildman–Crippen MR) is 77.3 cm³/mol. The second kappa shape index (κ2) is 5.38. The predicted octanol–water partition coefficient (Wildman–Crippen LogP) is 0.157. The number of aromatic nitrogens is 2. The minimum atomic E-state index is -0.464. The molecule has 0 aliphatic carbocycles. The lowest BCUT2D eigenvalue weighted by Gasteiger charge is -2.40. The Kier molecular flexibility index (Phi) is 3.74.